The lowest BCUT2D eigenvalue weighted by Crippen LogP contribution is -2.28. The molecule has 3 N–H and O–H groups in total. The van der Waals surface area contributed by atoms with Crippen molar-refractivity contribution in [1.82, 2.24) is 0 Å². The molecule has 0 spiro atoms. The van der Waals surface area contributed by atoms with Crippen LogP contribution in [0.15, 0.2) is 66.9 Å². The molecule has 6 nitrogen and oxygen atoms in total. The minimum atomic E-state index is -0.750. The summed E-state index contributed by atoms with van der Waals surface area (Å²) in [6.45, 7) is 0. The van der Waals surface area contributed by atoms with Crippen LogP contribution < -0.4 is 15.4 Å². The minimum Gasteiger partial charge on any atom is -0.497 e. The fourth-order valence-corrected chi connectivity index (χ4v) is 1.81. The molecule has 0 radical (unpaired) electrons. The Balaban J connectivity index is 1.88. The van der Waals surface area contributed by atoms with Crippen LogP contribution in [0.1, 0.15) is 0 Å². The highest BCUT2D eigenvalue weighted by atomic mass is 16.5. The van der Waals surface area contributed by atoms with Crippen molar-refractivity contribution in [2.24, 2.45) is 0 Å². The number of anilines is 2. The zero-order chi connectivity index (χ0) is 17.4. The minimum absolute atomic E-state index is 0.528. The van der Waals surface area contributed by atoms with Crippen LogP contribution in [0.4, 0.5) is 11.4 Å². The zero-order valence-corrected chi connectivity index (χ0v) is 13.1. The number of ether oxygens (including phenoxy) is 1. The molecule has 0 saturated heterocycles. The SMILES string of the molecule is COc1ccc(N/C=C\C(=O)C(=N)C(=O)Nc2ccccc2)cc1. The lowest BCUT2D eigenvalue weighted by Gasteiger charge is -2.04. The molecule has 2 rings (SSSR count). The lowest BCUT2D eigenvalue weighted by atomic mass is 10.2. The van der Waals surface area contributed by atoms with Crippen LogP contribution in [0, 0.1) is 5.41 Å². The van der Waals surface area contributed by atoms with Gasteiger partial charge >= 0.3 is 0 Å². The molecule has 0 aromatic heterocycles. The smallest absolute Gasteiger partial charge is 0.277 e. The van der Waals surface area contributed by atoms with Gasteiger partial charge in [-0.05, 0) is 36.4 Å². The number of amides is 1. The summed E-state index contributed by atoms with van der Waals surface area (Å²) in [5.74, 6) is -0.718. The molecular weight excluding hydrogens is 306 g/mol. The van der Waals surface area contributed by atoms with E-state index in [-0.39, 0.29) is 0 Å². The zero-order valence-electron chi connectivity index (χ0n) is 13.1. The second-order valence-electron chi connectivity index (χ2n) is 4.77. The fraction of sp³-hybridized carbons (Fsp3) is 0.0556. The van der Waals surface area contributed by atoms with E-state index in [0.717, 1.165) is 17.5 Å². The molecule has 0 saturated carbocycles. The van der Waals surface area contributed by atoms with Crippen LogP contribution in [0.2, 0.25) is 0 Å². The molecule has 0 heterocycles. The van der Waals surface area contributed by atoms with E-state index in [2.05, 4.69) is 10.6 Å². The van der Waals surface area contributed by atoms with Gasteiger partial charge in [0.25, 0.3) is 5.91 Å². The molecule has 6 heteroatoms. The van der Waals surface area contributed by atoms with E-state index in [1.54, 1.807) is 61.7 Å². The van der Waals surface area contributed by atoms with Gasteiger partial charge in [-0.3, -0.25) is 15.0 Å². The summed E-state index contributed by atoms with van der Waals surface area (Å²) in [6.07, 6.45) is 2.52. The molecule has 2 aromatic carbocycles. The summed E-state index contributed by atoms with van der Waals surface area (Å²) >= 11 is 0. The van der Waals surface area contributed by atoms with Crippen molar-refractivity contribution in [2.45, 2.75) is 0 Å². The van der Waals surface area contributed by atoms with E-state index >= 15 is 0 Å². The van der Waals surface area contributed by atoms with Crippen molar-refractivity contribution in [1.29, 1.82) is 5.41 Å². The van der Waals surface area contributed by atoms with Crippen LogP contribution in [0.3, 0.4) is 0 Å². The van der Waals surface area contributed by atoms with Gasteiger partial charge in [-0.2, -0.15) is 0 Å². The molecule has 0 aliphatic rings. The first-order chi connectivity index (χ1) is 11.6. The van der Waals surface area contributed by atoms with Gasteiger partial charge in [0.1, 0.15) is 5.75 Å². The van der Waals surface area contributed by atoms with Gasteiger partial charge in [-0.25, -0.2) is 0 Å². The van der Waals surface area contributed by atoms with Crippen molar-refractivity contribution in [2.75, 3.05) is 17.7 Å². The summed E-state index contributed by atoms with van der Waals surface area (Å²) in [5.41, 5.74) is 0.645. The second kappa shape index (κ2) is 8.28. The molecule has 122 valence electrons. The van der Waals surface area contributed by atoms with Gasteiger partial charge < -0.3 is 15.4 Å². The number of ketones is 1. The van der Waals surface area contributed by atoms with Gasteiger partial charge in [-0.1, -0.05) is 18.2 Å². The van der Waals surface area contributed by atoms with E-state index < -0.39 is 17.4 Å². The molecule has 24 heavy (non-hydrogen) atoms. The maximum Gasteiger partial charge on any atom is 0.277 e. The van der Waals surface area contributed by atoms with Crippen molar-refractivity contribution in [3.63, 3.8) is 0 Å². The highest BCUT2D eigenvalue weighted by molar-refractivity contribution is 6.68. The summed E-state index contributed by atoms with van der Waals surface area (Å²) in [7, 11) is 1.58. The Morgan fingerprint density at radius 2 is 1.67 bits per heavy atom. The fourth-order valence-electron chi connectivity index (χ4n) is 1.81. The van der Waals surface area contributed by atoms with E-state index in [4.69, 9.17) is 10.1 Å². The van der Waals surface area contributed by atoms with Gasteiger partial charge in [0.15, 0.2) is 5.71 Å². The van der Waals surface area contributed by atoms with Crippen LogP contribution in [0.25, 0.3) is 0 Å². The summed E-state index contributed by atoms with van der Waals surface area (Å²) < 4.78 is 5.05. The highest BCUT2D eigenvalue weighted by Crippen LogP contribution is 2.14. The first kappa shape index (κ1) is 17.0. The number of methoxy groups -OCH3 is 1. The predicted octanol–water partition coefficient (Wildman–Crippen LogP) is 2.85. The molecule has 0 atom stereocenters. The van der Waals surface area contributed by atoms with Gasteiger partial charge in [0, 0.05) is 23.7 Å². The third kappa shape index (κ3) is 4.81. The largest absolute Gasteiger partial charge is 0.497 e. The summed E-state index contributed by atoms with van der Waals surface area (Å²) in [4.78, 5) is 23.7. The Morgan fingerprint density at radius 1 is 1.00 bits per heavy atom. The topological polar surface area (TPSA) is 91.3 Å². The average molecular weight is 323 g/mol. The Bertz CT molecular complexity index is 753. The van der Waals surface area contributed by atoms with E-state index in [0.29, 0.717) is 5.69 Å². The summed E-state index contributed by atoms with van der Waals surface area (Å²) in [5, 5.41) is 13.0. The van der Waals surface area contributed by atoms with Gasteiger partial charge in [0.05, 0.1) is 7.11 Å². The number of rotatable bonds is 7. The first-order valence-electron chi connectivity index (χ1n) is 7.16. The maximum atomic E-state index is 11.8. The Hall–Kier alpha value is -3.41. The Morgan fingerprint density at radius 3 is 2.29 bits per heavy atom. The highest BCUT2D eigenvalue weighted by Gasteiger charge is 2.15. The number of allylic oxidation sites excluding steroid dienone is 1. The molecule has 0 bridgehead atoms. The average Bonchev–Trinajstić information content (AvgIpc) is 2.62. The number of carbonyl (C=O) groups excluding carboxylic acids is 2. The van der Waals surface area contributed by atoms with Crippen LogP contribution in [-0.4, -0.2) is 24.5 Å². The van der Waals surface area contributed by atoms with E-state index in [9.17, 15) is 9.59 Å². The van der Waals surface area contributed by atoms with Crippen LogP contribution in [0.5, 0.6) is 5.75 Å². The quantitative estimate of drug-likeness (QED) is 0.415. The number of carbonyl (C=O) groups is 2. The van der Waals surface area contributed by atoms with Gasteiger partial charge in [-0.15, -0.1) is 0 Å². The van der Waals surface area contributed by atoms with Crippen LogP contribution in [-0.2, 0) is 9.59 Å². The molecule has 0 aliphatic heterocycles. The van der Waals surface area contributed by atoms with Crippen LogP contribution >= 0.6 is 0 Å². The van der Waals surface area contributed by atoms with Crippen molar-refractivity contribution in [3.05, 3.63) is 66.9 Å². The third-order valence-corrected chi connectivity index (χ3v) is 3.08. The second-order valence-corrected chi connectivity index (χ2v) is 4.77. The standard InChI is InChI=1S/C18H17N3O3/c1-24-15-9-7-13(8-10-15)20-12-11-16(22)17(19)18(23)21-14-5-3-2-4-6-14/h2-12,19-20H,1H3,(H,21,23)/b12-11-,19-17?. The molecule has 2 aromatic rings. The maximum absolute atomic E-state index is 11.8. The van der Waals surface area contributed by atoms with E-state index in [1.165, 1.54) is 6.20 Å². The number of nitrogens with one attached hydrogen (secondary N) is 3. The van der Waals surface area contributed by atoms with Crippen molar-refractivity contribution < 1.29 is 14.3 Å². The number of benzene rings is 2. The van der Waals surface area contributed by atoms with Crippen molar-refractivity contribution in [3.8, 4) is 5.75 Å². The summed E-state index contributed by atoms with van der Waals surface area (Å²) in [6, 6.07) is 15.8. The molecule has 0 fully saturated rings. The molecule has 0 aliphatic carbocycles. The van der Waals surface area contributed by atoms with E-state index in [1.807, 2.05) is 0 Å². The van der Waals surface area contributed by atoms with Crippen molar-refractivity contribution >= 4 is 28.8 Å². The Kier molecular flexibility index (Phi) is 5.85. The molecular formula is C18H17N3O3. The Labute approximate surface area is 139 Å². The normalized spacial score (nSPS) is 10.2. The predicted molar refractivity (Wildman–Crippen MR) is 93.6 cm³/mol. The number of hydrogen-bond donors (Lipinski definition) is 3. The number of para-hydroxylation sites is 1. The molecule has 1 amide bonds. The number of hydrogen-bond acceptors (Lipinski definition) is 5. The third-order valence-electron chi connectivity index (χ3n) is 3.08. The lowest BCUT2D eigenvalue weighted by molar-refractivity contribution is -0.113. The van der Waals surface area contributed by atoms with Gasteiger partial charge in [0.2, 0.25) is 5.78 Å². The monoisotopic (exact) mass is 323 g/mol. The molecule has 0 unspecified atom stereocenters. The first-order valence-corrected chi connectivity index (χ1v) is 7.16.